The van der Waals surface area contributed by atoms with Gasteiger partial charge in [-0.1, -0.05) is 17.7 Å². The van der Waals surface area contributed by atoms with Crippen LogP contribution in [0.2, 0.25) is 5.02 Å². The maximum Gasteiger partial charge on any atom is 0.323 e. The summed E-state index contributed by atoms with van der Waals surface area (Å²) in [6.07, 6.45) is 0.750. The monoisotopic (exact) mass is 313 g/mol. The number of aryl methyl sites for hydroxylation is 1. The summed E-state index contributed by atoms with van der Waals surface area (Å²) >= 11 is 6.03. The Morgan fingerprint density at radius 3 is 2.52 bits per heavy atom. The molecule has 1 amide bonds. The molecular weight excluding hydrogens is 294 g/mol. The van der Waals surface area contributed by atoms with Gasteiger partial charge in [0, 0.05) is 12.5 Å². The summed E-state index contributed by atoms with van der Waals surface area (Å²) in [7, 11) is 1.54. The van der Waals surface area contributed by atoms with Crippen molar-refractivity contribution in [2.45, 2.75) is 32.7 Å². The zero-order valence-electron chi connectivity index (χ0n) is 12.4. The Morgan fingerprint density at radius 2 is 2.05 bits per heavy atom. The molecule has 6 heteroatoms. The van der Waals surface area contributed by atoms with Crippen molar-refractivity contribution in [1.82, 2.24) is 4.90 Å². The topological polar surface area (TPSA) is 66.8 Å². The number of hydrogen-bond donors (Lipinski definition) is 1. The van der Waals surface area contributed by atoms with Crippen molar-refractivity contribution >= 4 is 23.5 Å². The molecule has 0 aliphatic heterocycles. The van der Waals surface area contributed by atoms with E-state index in [1.807, 2.05) is 6.07 Å². The number of carboxylic acids is 1. The van der Waals surface area contributed by atoms with Crippen molar-refractivity contribution in [1.29, 1.82) is 0 Å². The summed E-state index contributed by atoms with van der Waals surface area (Å²) in [5.41, 5.74) is 0.910. The lowest BCUT2D eigenvalue weighted by Crippen LogP contribution is -2.40. The van der Waals surface area contributed by atoms with Crippen molar-refractivity contribution in [3.63, 3.8) is 0 Å². The van der Waals surface area contributed by atoms with Gasteiger partial charge in [-0.2, -0.15) is 0 Å². The lowest BCUT2D eigenvalue weighted by atomic mass is 10.1. The van der Waals surface area contributed by atoms with Crippen LogP contribution in [0, 0.1) is 0 Å². The van der Waals surface area contributed by atoms with Crippen LogP contribution >= 0.6 is 11.6 Å². The Kier molecular flexibility index (Phi) is 6.49. The molecule has 1 N–H and O–H groups in total. The second-order valence-electron chi connectivity index (χ2n) is 4.98. The first kappa shape index (κ1) is 17.3. The van der Waals surface area contributed by atoms with E-state index in [-0.39, 0.29) is 24.9 Å². The Morgan fingerprint density at radius 1 is 1.38 bits per heavy atom. The highest BCUT2D eigenvalue weighted by Crippen LogP contribution is 2.25. The van der Waals surface area contributed by atoms with Gasteiger partial charge in [-0.25, -0.2) is 0 Å². The number of aliphatic carboxylic acids is 1. The van der Waals surface area contributed by atoms with Crippen molar-refractivity contribution in [2.24, 2.45) is 0 Å². The van der Waals surface area contributed by atoms with E-state index in [0.29, 0.717) is 17.2 Å². The van der Waals surface area contributed by atoms with Crippen LogP contribution in [-0.4, -0.2) is 41.6 Å². The van der Waals surface area contributed by atoms with Crippen LogP contribution in [0.1, 0.15) is 25.8 Å². The summed E-state index contributed by atoms with van der Waals surface area (Å²) < 4.78 is 5.07. The average molecular weight is 314 g/mol. The van der Waals surface area contributed by atoms with Gasteiger partial charge in [0.05, 0.1) is 12.1 Å². The SMILES string of the molecule is COc1ccc(CCC(=O)N(CC(=O)O)C(C)C)cc1Cl. The molecule has 0 saturated carbocycles. The average Bonchev–Trinajstić information content (AvgIpc) is 2.41. The molecule has 0 atom stereocenters. The highest BCUT2D eigenvalue weighted by Gasteiger charge is 2.19. The second kappa shape index (κ2) is 7.88. The fourth-order valence-electron chi connectivity index (χ4n) is 1.96. The maximum atomic E-state index is 12.1. The van der Waals surface area contributed by atoms with Gasteiger partial charge in [-0.15, -0.1) is 0 Å². The minimum Gasteiger partial charge on any atom is -0.495 e. The predicted molar refractivity (Wildman–Crippen MR) is 80.8 cm³/mol. The van der Waals surface area contributed by atoms with Gasteiger partial charge in [0.25, 0.3) is 0 Å². The number of amides is 1. The molecule has 1 aromatic carbocycles. The molecule has 1 rings (SSSR count). The van der Waals surface area contributed by atoms with Crippen molar-refractivity contribution in [3.05, 3.63) is 28.8 Å². The first-order valence-corrected chi connectivity index (χ1v) is 7.06. The van der Waals surface area contributed by atoms with E-state index in [1.165, 1.54) is 12.0 Å². The number of halogens is 1. The molecule has 1 aromatic rings. The molecule has 0 aliphatic rings. The fourth-order valence-corrected chi connectivity index (χ4v) is 2.25. The number of ether oxygens (including phenoxy) is 1. The van der Waals surface area contributed by atoms with E-state index < -0.39 is 5.97 Å². The van der Waals surface area contributed by atoms with Crippen LogP contribution in [0.3, 0.4) is 0 Å². The molecule has 0 aliphatic carbocycles. The molecule has 0 aromatic heterocycles. The molecular formula is C15H20ClNO4. The summed E-state index contributed by atoms with van der Waals surface area (Å²) in [4.78, 5) is 24.2. The van der Waals surface area contributed by atoms with Crippen molar-refractivity contribution in [2.75, 3.05) is 13.7 Å². The summed E-state index contributed by atoms with van der Waals surface area (Å²) in [5.74, 6) is -0.606. The molecule has 0 bridgehead atoms. The molecule has 0 fully saturated rings. The van der Waals surface area contributed by atoms with Crippen LogP contribution in [0.5, 0.6) is 5.75 Å². The summed E-state index contributed by atoms with van der Waals surface area (Å²) in [5, 5.41) is 9.33. The van der Waals surface area contributed by atoms with E-state index in [1.54, 1.807) is 26.0 Å². The quantitative estimate of drug-likeness (QED) is 0.840. The number of carbonyl (C=O) groups is 2. The lowest BCUT2D eigenvalue weighted by molar-refractivity contribution is -0.145. The van der Waals surface area contributed by atoms with Gasteiger partial charge < -0.3 is 14.7 Å². The smallest absolute Gasteiger partial charge is 0.323 e. The van der Waals surface area contributed by atoms with E-state index in [4.69, 9.17) is 21.4 Å². The van der Waals surface area contributed by atoms with Crippen LogP contribution in [0.25, 0.3) is 0 Å². The third-order valence-corrected chi connectivity index (χ3v) is 3.39. The van der Waals surface area contributed by atoms with Gasteiger partial charge >= 0.3 is 5.97 Å². The van der Waals surface area contributed by atoms with Crippen LogP contribution < -0.4 is 4.74 Å². The lowest BCUT2D eigenvalue weighted by Gasteiger charge is -2.24. The molecule has 0 spiro atoms. The number of nitrogens with zero attached hydrogens (tertiary/aromatic N) is 1. The minimum absolute atomic E-state index is 0.145. The highest BCUT2D eigenvalue weighted by molar-refractivity contribution is 6.32. The zero-order valence-corrected chi connectivity index (χ0v) is 13.2. The number of rotatable bonds is 7. The van der Waals surface area contributed by atoms with Gasteiger partial charge in [-0.3, -0.25) is 9.59 Å². The highest BCUT2D eigenvalue weighted by atomic mass is 35.5. The number of benzene rings is 1. The van der Waals surface area contributed by atoms with Crippen LogP contribution in [0.4, 0.5) is 0 Å². The first-order chi connectivity index (χ1) is 9.85. The van der Waals surface area contributed by atoms with Crippen molar-refractivity contribution < 1.29 is 19.4 Å². The standard InChI is InChI=1S/C15H20ClNO4/c1-10(2)17(9-15(19)20)14(18)7-5-11-4-6-13(21-3)12(16)8-11/h4,6,8,10H,5,7,9H2,1-3H3,(H,19,20). The van der Waals surface area contributed by atoms with Gasteiger partial charge in [0.15, 0.2) is 0 Å². The van der Waals surface area contributed by atoms with Crippen LogP contribution in [-0.2, 0) is 16.0 Å². The first-order valence-electron chi connectivity index (χ1n) is 6.68. The van der Waals surface area contributed by atoms with Crippen LogP contribution in [0.15, 0.2) is 18.2 Å². The molecule has 5 nitrogen and oxygen atoms in total. The van der Waals surface area contributed by atoms with Crippen molar-refractivity contribution in [3.8, 4) is 5.75 Å². The molecule has 116 valence electrons. The fraction of sp³-hybridized carbons (Fsp3) is 0.467. The maximum absolute atomic E-state index is 12.1. The molecule has 0 saturated heterocycles. The molecule has 0 unspecified atom stereocenters. The largest absolute Gasteiger partial charge is 0.495 e. The molecule has 0 heterocycles. The predicted octanol–water partition coefficient (Wildman–Crippen LogP) is 2.60. The minimum atomic E-state index is -1.01. The Balaban J connectivity index is 2.66. The zero-order chi connectivity index (χ0) is 16.0. The summed E-state index contributed by atoms with van der Waals surface area (Å²) in [6, 6.07) is 5.20. The van der Waals surface area contributed by atoms with E-state index in [9.17, 15) is 9.59 Å². The normalized spacial score (nSPS) is 10.5. The van der Waals surface area contributed by atoms with Gasteiger partial charge in [0.2, 0.25) is 5.91 Å². The number of hydrogen-bond acceptors (Lipinski definition) is 3. The molecule has 0 radical (unpaired) electrons. The number of methoxy groups -OCH3 is 1. The Labute approximate surface area is 129 Å². The Hall–Kier alpha value is -1.75. The third-order valence-electron chi connectivity index (χ3n) is 3.09. The summed E-state index contributed by atoms with van der Waals surface area (Å²) in [6.45, 7) is 3.32. The Bertz CT molecular complexity index is 516. The van der Waals surface area contributed by atoms with Gasteiger partial charge in [-0.05, 0) is 38.0 Å². The number of carbonyl (C=O) groups excluding carboxylic acids is 1. The van der Waals surface area contributed by atoms with E-state index in [0.717, 1.165) is 5.56 Å². The molecule has 21 heavy (non-hydrogen) atoms. The van der Waals surface area contributed by atoms with E-state index >= 15 is 0 Å². The van der Waals surface area contributed by atoms with E-state index in [2.05, 4.69) is 0 Å². The second-order valence-corrected chi connectivity index (χ2v) is 5.39. The number of carboxylic acid groups (broad SMARTS) is 1. The van der Waals surface area contributed by atoms with Gasteiger partial charge in [0.1, 0.15) is 12.3 Å². The third kappa shape index (κ3) is 5.27.